The molecule has 3 N–H and O–H groups in total. The third-order valence-corrected chi connectivity index (χ3v) is 3.02. The summed E-state index contributed by atoms with van der Waals surface area (Å²) in [6.07, 6.45) is 3.07. The van der Waals surface area contributed by atoms with Crippen LogP contribution in [0.5, 0.6) is 0 Å². The molecule has 0 fully saturated rings. The van der Waals surface area contributed by atoms with Gasteiger partial charge >= 0.3 is 0 Å². The Morgan fingerprint density at radius 3 is 2.52 bits per heavy atom. The molecule has 110 valence electrons. The highest BCUT2D eigenvalue weighted by Crippen LogP contribution is 2.24. The lowest BCUT2D eigenvalue weighted by Crippen LogP contribution is -2.16. The highest BCUT2D eigenvalue weighted by molar-refractivity contribution is 5.94. The van der Waals surface area contributed by atoms with E-state index in [1.807, 2.05) is 0 Å². The number of carbonyl (C=O) groups is 1. The van der Waals surface area contributed by atoms with Crippen molar-refractivity contribution in [3.8, 4) is 0 Å². The molecule has 21 heavy (non-hydrogen) atoms. The average Bonchev–Trinajstić information content (AvgIpc) is 2.41. The SMILES string of the molecule is Cc1nccnc1C(C)Nc1cc(C(N)=O)c(F)cc1F. The van der Waals surface area contributed by atoms with Crippen molar-refractivity contribution in [1.29, 1.82) is 0 Å². The molecule has 1 atom stereocenters. The number of nitrogens with two attached hydrogens (primary N) is 1. The van der Waals surface area contributed by atoms with Gasteiger partial charge in [-0.2, -0.15) is 0 Å². The molecule has 1 aromatic heterocycles. The minimum absolute atomic E-state index is 0.0252. The van der Waals surface area contributed by atoms with E-state index in [4.69, 9.17) is 5.73 Å². The molecule has 2 aromatic rings. The van der Waals surface area contributed by atoms with Gasteiger partial charge < -0.3 is 11.1 Å². The van der Waals surface area contributed by atoms with Gasteiger partial charge in [-0.25, -0.2) is 8.78 Å². The maximum absolute atomic E-state index is 13.8. The number of nitrogens with zero attached hydrogens (tertiary/aromatic N) is 2. The first-order valence-corrected chi connectivity index (χ1v) is 6.23. The van der Waals surface area contributed by atoms with Gasteiger partial charge in [-0.3, -0.25) is 14.8 Å². The fraction of sp³-hybridized carbons (Fsp3) is 0.214. The highest BCUT2D eigenvalue weighted by Gasteiger charge is 2.17. The van der Waals surface area contributed by atoms with Gasteiger partial charge in [0, 0.05) is 18.5 Å². The molecule has 7 heteroatoms. The molecule has 0 radical (unpaired) electrons. The number of aryl methyl sites for hydroxylation is 1. The van der Waals surface area contributed by atoms with Crippen LogP contribution in [-0.2, 0) is 0 Å². The van der Waals surface area contributed by atoms with Crippen LogP contribution in [0.3, 0.4) is 0 Å². The smallest absolute Gasteiger partial charge is 0.251 e. The van der Waals surface area contributed by atoms with Gasteiger partial charge in [0.1, 0.15) is 11.6 Å². The molecular weight excluding hydrogens is 278 g/mol. The Labute approximate surface area is 120 Å². The number of carbonyl (C=O) groups excluding carboxylic acids is 1. The van der Waals surface area contributed by atoms with E-state index in [0.29, 0.717) is 17.5 Å². The van der Waals surface area contributed by atoms with Crippen LogP contribution in [0.1, 0.15) is 34.7 Å². The van der Waals surface area contributed by atoms with Crippen LogP contribution in [0.25, 0.3) is 0 Å². The molecule has 2 rings (SSSR count). The van der Waals surface area contributed by atoms with E-state index in [1.54, 1.807) is 20.0 Å². The second kappa shape index (κ2) is 5.82. The van der Waals surface area contributed by atoms with E-state index in [2.05, 4.69) is 15.3 Å². The first-order chi connectivity index (χ1) is 9.90. The maximum Gasteiger partial charge on any atom is 0.251 e. The predicted octanol–water partition coefficient (Wildman–Crippen LogP) is 2.34. The lowest BCUT2D eigenvalue weighted by atomic mass is 10.1. The molecule has 0 aliphatic carbocycles. The first-order valence-electron chi connectivity index (χ1n) is 6.23. The zero-order valence-corrected chi connectivity index (χ0v) is 11.5. The Balaban J connectivity index is 2.33. The molecule has 1 aromatic carbocycles. The van der Waals surface area contributed by atoms with Gasteiger partial charge in [-0.05, 0) is 19.9 Å². The molecule has 1 heterocycles. The van der Waals surface area contributed by atoms with Crippen LogP contribution in [0.15, 0.2) is 24.5 Å². The highest BCUT2D eigenvalue weighted by atomic mass is 19.1. The molecule has 5 nitrogen and oxygen atoms in total. The number of hydrogen-bond acceptors (Lipinski definition) is 4. The Morgan fingerprint density at radius 2 is 1.90 bits per heavy atom. The predicted molar refractivity (Wildman–Crippen MR) is 73.7 cm³/mol. The Morgan fingerprint density at radius 1 is 1.24 bits per heavy atom. The number of halogens is 2. The van der Waals surface area contributed by atoms with E-state index >= 15 is 0 Å². The minimum Gasteiger partial charge on any atom is -0.374 e. The van der Waals surface area contributed by atoms with Gasteiger partial charge in [-0.15, -0.1) is 0 Å². The minimum atomic E-state index is -0.992. The van der Waals surface area contributed by atoms with Gasteiger partial charge in [0.05, 0.1) is 28.7 Å². The van der Waals surface area contributed by atoms with Crippen molar-refractivity contribution in [3.63, 3.8) is 0 Å². The lowest BCUT2D eigenvalue weighted by molar-refractivity contribution is 0.0996. The molecule has 0 aliphatic rings. The Bertz CT molecular complexity index is 691. The number of benzene rings is 1. The molecule has 1 unspecified atom stereocenters. The van der Waals surface area contributed by atoms with E-state index in [0.717, 1.165) is 6.07 Å². The van der Waals surface area contributed by atoms with E-state index in [-0.39, 0.29) is 17.3 Å². The van der Waals surface area contributed by atoms with Crippen LogP contribution >= 0.6 is 0 Å². The third kappa shape index (κ3) is 3.13. The molecule has 0 saturated heterocycles. The van der Waals surface area contributed by atoms with Crippen LogP contribution in [0.2, 0.25) is 0 Å². The van der Waals surface area contributed by atoms with Crippen LogP contribution in [0.4, 0.5) is 14.5 Å². The summed E-state index contributed by atoms with van der Waals surface area (Å²) in [5.41, 5.74) is 5.97. The zero-order valence-electron chi connectivity index (χ0n) is 11.5. The number of anilines is 1. The molecule has 1 amide bonds. The van der Waals surface area contributed by atoms with E-state index in [9.17, 15) is 13.6 Å². The number of hydrogen-bond donors (Lipinski definition) is 2. The van der Waals surface area contributed by atoms with Gasteiger partial charge in [0.25, 0.3) is 5.91 Å². The lowest BCUT2D eigenvalue weighted by Gasteiger charge is -2.17. The summed E-state index contributed by atoms with van der Waals surface area (Å²) < 4.78 is 27.2. The van der Waals surface area contributed by atoms with Crippen LogP contribution in [0, 0.1) is 18.6 Å². The van der Waals surface area contributed by atoms with Gasteiger partial charge in [0.15, 0.2) is 0 Å². The van der Waals surface area contributed by atoms with Gasteiger partial charge in [0.2, 0.25) is 0 Å². The summed E-state index contributed by atoms with van der Waals surface area (Å²) >= 11 is 0. The van der Waals surface area contributed by atoms with Crippen LogP contribution in [-0.4, -0.2) is 15.9 Å². The summed E-state index contributed by atoms with van der Waals surface area (Å²) in [4.78, 5) is 19.4. The van der Waals surface area contributed by atoms with Crippen molar-refractivity contribution in [2.45, 2.75) is 19.9 Å². The normalized spacial score (nSPS) is 12.0. The topological polar surface area (TPSA) is 80.9 Å². The number of amides is 1. The molecule has 0 bridgehead atoms. The molecule has 0 saturated carbocycles. The molecule has 0 spiro atoms. The largest absolute Gasteiger partial charge is 0.374 e. The number of rotatable bonds is 4. The molecule has 0 aliphatic heterocycles. The first kappa shape index (κ1) is 14.8. The van der Waals surface area contributed by atoms with Crippen molar-refractivity contribution < 1.29 is 13.6 Å². The number of aromatic nitrogens is 2. The molecular formula is C14H14F2N4O. The third-order valence-electron chi connectivity index (χ3n) is 3.02. The Kier molecular flexibility index (Phi) is 4.11. The van der Waals surface area contributed by atoms with E-state index < -0.39 is 17.5 Å². The summed E-state index contributed by atoms with van der Waals surface area (Å²) in [5.74, 6) is -2.77. The number of primary amides is 1. The van der Waals surface area contributed by atoms with Crippen molar-refractivity contribution in [2.24, 2.45) is 5.73 Å². The van der Waals surface area contributed by atoms with Crippen LogP contribution < -0.4 is 11.1 Å². The number of nitrogens with one attached hydrogen (secondary N) is 1. The fourth-order valence-corrected chi connectivity index (χ4v) is 1.99. The quantitative estimate of drug-likeness (QED) is 0.906. The summed E-state index contributed by atoms with van der Waals surface area (Å²) in [7, 11) is 0. The maximum atomic E-state index is 13.8. The summed E-state index contributed by atoms with van der Waals surface area (Å²) in [5, 5.41) is 2.84. The standard InChI is InChI=1S/C14H14F2N4O/c1-7-13(19-4-3-18-7)8(2)20-12-5-9(14(17)21)10(15)6-11(12)16/h3-6,8,20H,1-2H3,(H2,17,21). The summed E-state index contributed by atoms with van der Waals surface area (Å²) in [6.45, 7) is 3.53. The van der Waals surface area contributed by atoms with Crippen molar-refractivity contribution in [1.82, 2.24) is 9.97 Å². The van der Waals surface area contributed by atoms with Gasteiger partial charge in [-0.1, -0.05) is 0 Å². The second-order valence-electron chi connectivity index (χ2n) is 4.57. The Hall–Kier alpha value is -2.57. The van der Waals surface area contributed by atoms with Crippen molar-refractivity contribution in [2.75, 3.05) is 5.32 Å². The second-order valence-corrected chi connectivity index (χ2v) is 4.57. The van der Waals surface area contributed by atoms with E-state index in [1.165, 1.54) is 6.20 Å². The average molecular weight is 292 g/mol. The van der Waals surface area contributed by atoms with Crippen molar-refractivity contribution >= 4 is 11.6 Å². The van der Waals surface area contributed by atoms with Crippen molar-refractivity contribution in [3.05, 3.63) is 53.1 Å². The fourth-order valence-electron chi connectivity index (χ4n) is 1.99. The summed E-state index contributed by atoms with van der Waals surface area (Å²) in [6, 6.07) is 1.30. The monoisotopic (exact) mass is 292 g/mol. The zero-order chi connectivity index (χ0) is 15.6.